The monoisotopic (exact) mass is 336 g/mol. The van der Waals surface area contributed by atoms with Crippen molar-refractivity contribution in [3.8, 4) is 22.8 Å². The molecule has 0 fully saturated rings. The van der Waals surface area contributed by atoms with Crippen LogP contribution in [0.4, 0.5) is 0 Å². The third kappa shape index (κ3) is 3.43. The number of benzene rings is 1. The van der Waals surface area contributed by atoms with E-state index in [9.17, 15) is 0 Å². The summed E-state index contributed by atoms with van der Waals surface area (Å²) in [6, 6.07) is 8.31. The van der Waals surface area contributed by atoms with Crippen molar-refractivity contribution in [1.82, 2.24) is 9.55 Å². The van der Waals surface area contributed by atoms with Gasteiger partial charge < -0.3 is 4.74 Å². The quantitative estimate of drug-likeness (QED) is 0.657. The molecule has 4 heteroatoms. The van der Waals surface area contributed by atoms with E-state index in [0.717, 1.165) is 17.9 Å². The van der Waals surface area contributed by atoms with Gasteiger partial charge in [0, 0.05) is 23.5 Å². The fourth-order valence-electron chi connectivity index (χ4n) is 3.37. The standard InChI is InChI=1S/C21H26N3O/c1-15(2)14-23-10-11-24(21(23)18-6-8-22-9-7-18)20-16(3)12-19(25-5)13-17(20)4/h6-13,15H,14H2,1-5H3/q+1. The summed E-state index contributed by atoms with van der Waals surface area (Å²) in [6.07, 6.45) is 8.01. The zero-order valence-corrected chi connectivity index (χ0v) is 15.7. The van der Waals surface area contributed by atoms with Gasteiger partial charge in [-0.15, -0.1) is 0 Å². The molecule has 0 radical (unpaired) electrons. The van der Waals surface area contributed by atoms with Crippen molar-refractivity contribution in [1.29, 1.82) is 0 Å². The highest BCUT2D eigenvalue weighted by Gasteiger charge is 2.24. The summed E-state index contributed by atoms with van der Waals surface area (Å²) >= 11 is 0. The molecule has 3 aromatic rings. The first-order chi connectivity index (χ1) is 12.0. The lowest BCUT2D eigenvalue weighted by atomic mass is 10.1. The Morgan fingerprint density at radius 3 is 2.32 bits per heavy atom. The topological polar surface area (TPSA) is 30.9 Å². The number of pyridine rings is 1. The smallest absolute Gasteiger partial charge is 0.294 e. The van der Waals surface area contributed by atoms with E-state index < -0.39 is 0 Å². The van der Waals surface area contributed by atoms with Crippen molar-refractivity contribution < 1.29 is 9.30 Å². The molecule has 0 aliphatic heterocycles. The summed E-state index contributed by atoms with van der Waals surface area (Å²) in [4.78, 5) is 4.17. The number of rotatable bonds is 5. The molecule has 0 unspecified atom stereocenters. The van der Waals surface area contributed by atoms with E-state index in [1.807, 2.05) is 12.4 Å². The maximum Gasteiger partial charge on any atom is 0.294 e. The Labute approximate surface area is 149 Å². The van der Waals surface area contributed by atoms with Crippen molar-refractivity contribution in [2.24, 2.45) is 5.92 Å². The van der Waals surface area contributed by atoms with Gasteiger partial charge in [0.25, 0.3) is 5.82 Å². The molecule has 3 rings (SSSR count). The first-order valence-corrected chi connectivity index (χ1v) is 8.68. The SMILES string of the molecule is COc1cc(C)c(-n2cc[n+](CC(C)C)c2-c2ccncc2)c(C)c1. The lowest BCUT2D eigenvalue weighted by molar-refractivity contribution is -0.690. The van der Waals surface area contributed by atoms with Crippen LogP contribution in [0.2, 0.25) is 0 Å². The number of methoxy groups -OCH3 is 1. The molecular weight excluding hydrogens is 310 g/mol. The number of nitrogens with zero attached hydrogens (tertiary/aromatic N) is 3. The van der Waals surface area contributed by atoms with Crippen LogP contribution < -0.4 is 9.30 Å². The number of aryl methyl sites for hydroxylation is 2. The van der Waals surface area contributed by atoms with E-state index in [4.69, 9.17) is 4.74 Å². The number of imidazole rings is 1. The highest BCUT2D eigenvalue weighted by atomic mass is 16.5. The molecule has 0 saturated heterocycles. The predicted octanol–water partition coefficient (Wildman–Crippen LogP) is 4.11. The van der Waals surface area contributed by atoms with E-state index >= 15 is 0 Å². The van der Waals surface area contributed by atoms with E-state index in [1.54, 1.807) is 7.11 Å². The lowest BCUT2D eigenvalue weighted by Gasteiger charge is -2.12. The summed E-state index contributed by atoms with van der Waals surface area (Å²) < 4.78 is 10.0. The average Bonchev–Trinajstić information content (AvgIpc) is 2.97. The molecule has 0 bridgehead atoms. The van der Waals surface area contributed by atoms with Crippen LogP contribution in [0.5, 0.6) is 5.75 Å². The predicted molar refractivity (Wildman–Crippen MR) is 100 cm³/mol. The van der Waals surface area contributed by atoms with Gasteiger partial charge in [0.15, 0.2) is 0 Å². The van der Waals surface area contributed by atoms with E-state index in [0.29, 0.717) is 5.92 Å². The van der Waals surface area contributed by atoms with Crippen molar-refractivity contribution in [3.63, 3.8) is 0 Å². The minimum atomic E-state index is 0.569. The number of ether oxygens (including phenoxy) is 1. The maximum atomic E-state index is 5.42. The summed E-state index contributed by atoms with van der Waals surface area (Å²) in [7, 11) is 1.71. The van der Waals surface area contributed by atoms with Gasteiger partial charge in [-0.25, -0.2) is 4.57 Å². The van der Waals surface area contributed by atoms with Crippen LogP contribution in [0.1, 0.15) is 25.0 Å². The molecule has 0 N–H and O–H groups in total. The number of hydrogen-bond acceptors (Lipinski definition) is 2. The Hall–Kier alpha value is -2.62. The van der Waals surface area contributed by atoms with E-state index in [2.05, 4.69) is 78.5 Å². The highest BCUT2D eigenvalue weighted by molar-refractivity contribution is 5.59. The van der Waals surface area contributed by atoms with Gasteiger partial charge >= 0.3 is 0 Å². The summed E-state index contributed by atoms with van der Waals surface area (Å²) in [5.41, 5.74) is 4.75. The molecule has 2 aromatic heterocycles. The molecule has 1 aromatic carbocycles. The van der Waals surface area contributed by atoms with Gasteiger partial charge in [-0.05, 0) is 44.0 Å². The molecule has 0 aliphatic carbocycles. The summed E-state index contributed by atoms with van der Waals surface area (Å²) in [6.45, 7) is 9.72. The Bertz CT molecular complexity index is 843. The lowest BCUT2D eigenvalue weighted by Crippen LogP contribution is -2.37. The second-order valence-electron chi connectivity index (χ2n) is 6.88. The molecule has 130 valence electrons. The molecule has 4 nitrogen and oxygen atoms in total. The van der Waals surface area contributed by atoms with E-state index in [1.165, 1.54) is 22.6 Å². The molecule has 0 atom stereocenters. The van der Waals surface area contributed by atoms with Crippen LogP contribution in [0.3, 0.4) is 0 Å². The van der Waals surface area contributed by atoms with Crippen LogP contribution in [0, 0.1) is 19.8 Å². The van der Waals surface area contributed by atoms with Crippen LogP contribution in [0.15, 0.2) is 49.1 Å². The molecule has 2 heterocycles. The minimum Gasteiger partial charge on any atom is -0.497 e. The zero-order valence-electron chi connectivity index (χ0n) is 15.7. The second kappa shape index (κ2) is 7.09. The molecule has 0 amide bonds. The van der Waals surface area contributed by atoms with Gasteiger partial charge in [0.1, 0.15) is 23.8 Å². The van der Waals surface area contributed by atoms with Crippen molar-refractivity contribution in [3.05, 3.63) is 60.2 Å². The van der Waals surface area contributed by atoms with Gasteiger partial charge in [-0.2, -0.15) is 4.57 Å². The fraction of sp³-hybridized carbons (Fsp3) is 0.333. The molecule has 25 heavy (non-hydrogen) atoms. The van der Waals surface area contributed by atoms with Gasteiger partial charge in [0.05, 0.1) is 19.2 Å². The Balaban J connectivity index is 2.23. The first kappa shape index (κ1) is 17.2. The average molecular weight is 336 g/mol. The van der Waals surface area contributed by atoms with Crippen LogP contribution in [0.25, 0.3) is 17.1 Å². The van der Waals surface area contributed by atoms with Gasteiger partial charge in [0.2, 0.25) is 0 Å². The summed E-state index contributed by atoms with van der Waals surface area (Å²) in [5, 5.41) is 0. The summed E-state index contributed by atoms with van der Waals surface area (Å²) in [5.74, 6) is 2.64. The molecule has 0 saturated carbocycles. The minimum absolute atomic E-state index is 0.569. The zero-order chi connectivity index (χ0) is 18.0. The fourth-order valence-corrected chi connectivity index (χ4v) is 3.37. The Kier molecular flexibility index (Phi) is 4.88. The molecule has 0 spiro atoms. The van der Waals surface area contributed by atoms with Gasteiger partial charge in [-0.3, -0.25) is 4.98 Å². The second-order valence-corrected chi connectivity index (χ2v) is 6.88. The highest BCUT2D eigenvalue weighted by Crippen LogP contribution is 2.28. The molecular formula is C21H26N3O+. The van der Waals surface area contributed by atoms with Gasteiger partial charge in [-0.1, -0.05) is 13.8 Å². The van der Waals surface area contributed by atoms with Crippen molar-refractivity contribution >= 4 is 0 Å². The van der Waals surface area contributed by atoms with Crippen molar-refractivity contribution in [2.45, 2.75) is 34.2 Å². The van der Waals surface area contributed by atoms with Crippen molar-refractivity contribution in [2.75, 3.05) is 7.11 Å². The Morgan fingerprint density at radius 1 is 1.12 bits per heavy atom. The number of aromatic nitrogens is 3. The third-order valence-corrected chi connectivity index (χ3v) is 4.34. The third-order valence-electron chi connectivity index (χ3n) is 4.34. The maximum absolute atomic E-state index is 5.42. The number of hydrogen-bond donors (Lipinski definition) is 0. The largest absolute Gasteiger partial charge is 0.497 e. The molecule has 0 aliphatic rings. The van der Waals surface area contributed by atoms with E-state index in [-0.39, 0.29) is 0 Å². The van der Waals surface area contributed by atoms with Crippen LogP contribution in [-0.4, -0.2) is 16.7 Å². The normalized spacial score (nSPS) is 11.1. The van der Waals surface area contributed by atoms with Crippen LogP contribution in [-0.2, 0) is 6.54 Å². The first-order valence-electron chi connectivity index (χ1n) is 8.68. The Morgan fingerprint density at radius 2 is 1.76 bits per heavy atom. The van der Waals surface area contributed by atoms with Crippen LogP contribution >= 0.6 is 0 Å².